The van der Waals surface area contributed by atoms with Crippen LogP contribution < -0.4 is 15.5 Å². The summed E-state index contributed by atoms with van der Waals surface area (Å²) < 4.78 is 14.2. The van der Waals surface area contributed by atoms with E-state index in [-0.39, 0.29) is 24.4 Å². The molecule has 0 aromatic heterocycles. The summed E-state index contributed by atoms with van der Waals surface area (Å²) in [5.41, 5.74) is 1.15. The van der Waals surface area contributed by atoms with Crippen LogP contribution in [0.15, 0.2) is 53.0 Å². The first-order valence-corrected chi connectivity index (χ1v) is 8.19. The van der Waals surface area contributed by atoms with Crippen LogP contribution in [0.2, 0.25) is 0 Å². The van der Waals surface area contributed by atoms with Crippen molar-refractivity contribution >= 4 is 39.2 Å². The number of nitrogens with zero attached hydrogens (tertiary/aromatic N) is 1. The molecule has 1 atom stereocenters. The molecule has 24 heavy (non-hydrogen) atoms. The van der Waals surface area contributed by atoms with Gasteiger partial charge in [0.05, 0.1) is 6.04 Å². The average molecular weight is 392 g/mol. The first-order valence-electron chi connectivity index (χ1n) is 7.40. The highest BCUT2D eigenvalue weighted by atomic mass is 79.9. The lowest BCUT2D eigenvalue weighted by Gasteiger charge is -2.17. The van der Waals surface area contributed by atoms with Crippen molar-refractivity contribution in [3.63, 3.8) is 0 Å². The summed E-state index contributed by atoms with van der Waals surface area (Å²) in [6, 6.07) is 12.3. The maximum absolute atomic E-state index is 13.3. The Morgan fingerprint density at radius 2 is 1.96 bits per heavy atom. The van der Waals surface area contributed by atoms with Crippen molar-refractivity contribution in [3.05, 3.63) is 58.8 Å². The molecule has 7 heteroatoms. The third-order valence-corrected chi connectivity index (χ3v) is 4.21. The second-order valence-electron chi connectivity index (χ2n) is 5.49. The van der Waals surface area contributed by atoms with Gasteiger partial charge in [-0.15, -0.1) is 0 Å². The fourth-order valence-corrected chi connectivity index (χ4v) is 2.85. The largest absolute Gasteiger partial charge is 0.333 e. The number of rotatable bonds is 3. The second kappa shape index (κ2) is 7.00. The lowest BCUT2D eigenvalue weighted by atomic mass is 10.2. The molecular formula is C17H15BrFN3O2. The number of hydrogen-bond donors (Lipinski definition) is 2. The number of carbonyl (C=O) groups is 2. The standard InChI is InChI=1S/C17H15BrFN3O2/c18-11-4-6-13(7-5-11)20-17(24)21-14-9-16(23)22(10-14)15-3-1-2-12(19)8-15/h1-8,14H,9-10H2,(H2,20,21,24)/t14-/m0/s1. The van der Waals surface area contributed by atoms with Crippen molar-refractivity contribution in [1.29, 1.82) is 0 Å². The smallest absolute Gasteiger partial charge is 0.319 e. The molecule has 2 aromatic carbocycles. The summed E-state index contributed by atoms with van der Waals surface area (Å²) in [6.45, 7) is 0.316. The lowest BCUT2D eigenvalue weighted by molar-refractivity contribution is -0.117. The Morgan fingerprint density at radius 3 is 2.67 bits per heavy atom. The molecule has 1 aliphatic heterocycles. The molecule has 0 saturated carbocycles. The van der Waals surface area contributed by atoms with Gasteiger partial charge in [-0.3, -0.25) is 4.79 Å². The molecule has 3 amide bonds. The van der Waals surface area contributed by atoms with Gasteiger partial charge in [-0.05, 0) is 42.5 Å². The fourth-order valence-electron chi connectivity index (χ4n) is 2.58. The summed E-state index contributed by atoms with van der Waals surface area (Å²) in [5, 5.41) is 5.48. The molecule has 124 valence electrons. The van der Waals surface area contributed by atoms with Crippen LogP contribution in [-0.2, 0) is 4.79 Å². The third-order valence-electron chi connectivity index (χ3n) is 3.68. The number of amides is 3. The first-order chi connectivity index (χ1) is 11.5. The molecule has 2 aromatic rings. The zero-order chi connectivity index (χ0) is 17.1. The molecule has 1 heterocycles. The van der Waals surface area contributed by atoms with E-state index < -0.39 is 5.82 Å². The Bertz CT molecular complexity index is 767. The van der Waals surface area contributed by atoms with Gasteiger partial charge in [-0.1, -0.05) is 22.0 Å². The summed E-state index contributed by atoms with van der Waals surface area (Å²) >= 11 is 3.33. The Kier molecular flexibility index (Phi) is 4.80. The molecule has 1 saturated heterocycles. The van der Waals surface area contributed by atoms with E-state index >= 15 is 0 Å². The Morgan fingerprint density at radius 1 is 1.21 bits per heavy atom. The van der Waals surface area contributed by atoms with Crippen molar-refractivity contribution in [2.75, 3.05) is 16.8 Å². The monoisotopic (exact) mass is 391 g/mol. The number of urea groups is 1. The zero-order valence-corrected chi connectivity index (χ0v) is 14.2. The van der Waals surface area contributed by atoms with Gasteiger partial charge in [0.1, 0.15) is 5.82 Å². The van der Waals surface area contributed by atoms with Gasteiger partial charge in [-0.25, -0.2) is 9.18 Å². The predicted molar refractivity (Wildman–Crippen MR) is 93.5 cm³/mol. The quantitative estimate of drug-likeness (QED) is 0.840. The van der Waals surface area contributed by atoms with Gasteiger partial charge in [0, 0.05) is 28.8 Å². The molecule has 0 aliphatic carbocycles. The molecule has 0 spiro atoms. The van der Waals surface area contributed by atoms with Gasteiger partial charge in [0.25, 0.3) is 0 Å². The van der Waals surface area contributed by atoms with Crippen LogP contribution >= 0.6 is 15.9 Å². The number of halogens is 2. The second-order valence-corrected chi connectivity index (χ2v) is 6.41. The molecule has 0 unspecified atom stereocenters. The Hall–Kier alpha value is -2.41. The fraction of sp³-hybridized carbons (Fsp3) is 0.176. The van der Waals surface area contributed by atoms with Gasteiger partial charge in [0.15, 0.2) is 0 Å². The van der Waals surface area contributed by atoms with E-state index in [1.807, 2.05) is 12.1 Å². The normalized spacial score (nSPS) is 17.0. The van der Waals surface area contributed by atoms with Crippen LogP contribution in [-0.4, -0.2) is 24.5 Å². The van der Waals surface area contributed by atoms with Crippen molar-refractivity contribution in [3.8, 4) is 0 Å². The molecule has 1 fully saturated rings. The van der Waals surface area contributed by atoms with E-state index in [1.54, 1.807) is 24.3 Å². The minimum atomic E-state index is -0.398. The predicted octanol–water partition coefficient (Wildman–Crippen LogP) is 3.52. The Labute approximate surface area is 147 Å². The third kappa shape index (κ3) is 3.91. The van der Waals surface area contributed by atoms with E-state index in [9.17, 15) is 14.0 Å². The Balaban J connectivity index is 1.59. The van der Waals surface area contributed by atoms with Crippen LogP contribution in [0.1, 0.15) is 6.42 Å². The number of carbonyl (C=O) groups excluding carboxylic acids is 2. The van der Waals surface area contributed by atoms with Gasteiger partial charge < -0.3 is 15.5 Å². The van der Waals surface area contributed by atoms with Crippen molar-refractivity contribution in [1.82, 2.24) is 5.32 Å². The molecule has 2 N–H and O–H groups in total. The zero-order valence-electron chi connectivity index (χ0n) is 12.6. The maximum Gasteiger partial charge on any atom is 0.319 e. The van der Waals surface area contributed by atoms with Crippen molar-refractivity contribution < 1.29 is 14.0 Å². The summed E-state index contributed by atoms with van der Waals surface area (Å²) in [6.07, 6.45) is 0.185. The van der Waals surface area contributed by atoms with Gasteiger partial charge in [-0.2, -0.15) is 0 Å². The van der Waals surface area contributed by atoms with E-state index in [2.05, 4.69) is 26.6 Å². The number of anilines is 2. The highest BCUT2D eigenvalue weighted by molar-refractivity contribution is 9.10. The molecule has 0 radical (unpaired) electrons. The maximum atomic E-state index is 13.3. The van der Waals surface area contributed by atoms with E-state index in [1.165, 1.54) is 17.0 Å². The number of nitrogens with one attached hydrogen (secondary N) is 2. The topological polar surface area (TPSA) is 61.4 Å². The molecule has 0 bridgehead atoms. The minimum Gasteiger partial charge on any atom is -0.333 e. The van der Waals surface area contributed by atoms with Crippen LogP contribution in [0.3, 0.4) is 0 Å². The van der Waals surface area contributed by atoms with Crippen LogP contribution in [0, 0.1) is 5.82 Å². The van der Waals surface area contributed by atoms with E-state index in [0.717, 1.165) is 4.47 Å². The molecule has 5 nitrogen and oxygen atoms in total. The number of hydrogen-bond acceptors (Lipinski definition) is 2. The van der Waals surface area contributed by atoms with Crippen LogP contribution in [0.4, 0.5) is 20.6 Å². The molecular weight excluding hydrogens is 377 g/mol. The summed E-state index contributed by atoms with van der Waals surface area (Å²) in [5.74, 6) is -0.542. The average Bonchev–Trinajstić information content (AvgIpc) is 2.90. The first kappa shape index (κ1) is 16.4. The molecule has 3 rings (SSSR count). The van der Waals surface area contributed by atoms with Crippen LogP contribution in [0.5, 0.6) is 0 Å². The summed E-state index contributed by atoms with van der Waals surface area (Å²) in [4.78, 5) is 25.6. The minimum absolute atomic E-state index is 0.144. The highest BCUT2D eigenvalue weighted by Crippen LogP contribution is 2.22. The van der Waals surface area contributed by atoms with Crippen LogP contribution in [0.25, 0.3) is 0 Å². The summed E-state index contributed by atoms with van der Waals surface area (Å²) in [7, 11) is 0. The van der Waals surface area contributed by atoms with E-state index in [4.69, 9.17) is 0 Å². The van der Waals surface area contributed by atoms with Crippen molar-refractivity contribution in [2.45, 2.75) is 12.5 Å². The van der Waals surface area contributed by atoms with Crippen molar-refractivity contribution in [2.24, 2.45) is 0 Å². The lowest BCUT2D eigenvalue weighted by Crippen LogP contribution is -2.39. The van der Waals surface area contributed by atoms with E-state index in [0.29, 0.717) is 17.9 Å². The highest BCUT2D eigenvalue weighted by Gasteiger charge is 2.31. The molecule has 1 aliphatic rings. The number of benzene rings is 2. The SMILES string of the molecule is O=C(Nc1ccc(Br)cc1)N[C@H]1CC(=O)N(c2cccc(F)c2)C1. The van der Waals surface area contributed by atoms with Gasteiger partial charge >= 0.3 is 6.03 Å². The van der Waals surface area contributed by atoms with Gasteiger partial charge in [0.2, 0.25) is 5.91 Å².